The van der Waals surface area contributed by atoms with Gasteiger partial charge in [-0.25, -0.2) is 0 Å². The van der Waals surface area contributed by atoms with Crippen molar-refractivity contribution in [1.29, 1.82) is 0 Å². The third kappa shape index (κ3) is 2.23. The Bertz CT molecular complexity index is 201. The monoisotopic (exact) mass is 164 g/mol. The van der Waals surface area contributed by atoms with E-state index in [0.717, 1.165) is 5.92 Å². The number of hydrogen-bond donors (Lipinski definition) is 0. The fourth-order valence-electron chi connectivity index (χ4n) is 1.60. The maximum Gasteiger partial charge on any atom is -0.0144 e. The van der Waals surface area contributed by atoms with Crippen LogP contribution in [-0.4, -0.2) is 0 Å². The van der Waals surface area contributed by atoms with Crippen LogP contribution < -0.4 is 0 Å². The summed E-state index contributed by atoms with van der Waals surface area (Å²) in [5.41, 5.74) is 2.02. The summed E-state index contributed by atoms with van der Waals surface area (Å²) >= 11 is 0. The standard InChI is InChI=1S/C12H20/c1-5-10-7-6-8-11(9-10)12(2,3)4/h6-8,11H,5,9H2,1-4H3. The van der Waals surface area contributed by atoms with Gasteiger partial charge in [-0.15, -0.1) is 0 Å². The molecule has 0 nitrogen and oxygen atoms in total. The van der Waals surface area contributed by atoms with Gasteiger partial charge in [0.1, 0.15) is 0 Å². The molecule has 0 N–H and O–H groups in total. The van der Waals surface area contributed by atoms with Gasteiger partial charge in [-0.05, 0) is 24.2 Å². The summed E-state index contributed by atoms with van der Waals surface area (Å²) in [5, 5.41) is 0. The quantitative estimate of drug-likeness (QED) is 0.550. The van der Waals surface area contributed by atoms with Crippen molar-refractivity contribution in [2.45, 2.75) is 40.5 Å². The van der Waals surface area contributed by atoms with Gasteiger partial charge < -0.3 is 0 Å². The molecule has 0 radical (unpaired) electrons. The van der Waals surface area contributed by atoms with E-state index in [-0.39, 0.29) is 0 Å². The summed E-state index contributed by atoms with van der Waals surface area (Å²) in [6.45, 7) is 9.20. The van der Waals surface area contributed by atoms with Gasteiger partial charge in [-0.2, -0.15) is 0 Å². The summed E-state index contributed by atoms with van der Waals surface area (Å²) in [7, 11) is 0. The minimum Gasteiger partial charge on any atom is -0.0806 e. The summed E-state index contributed by atoms with van der Waals surface area (Å²) in [4.78, 5) is 0. The van der Waals surface area contributed by atoms with Crippen LogP contribution in [0.5, 0.6) is 0 Å². The highest BCUT2D eigenvalue weighted by molar-refractivity contribution is 5.20. The highest BCUT2D eigenvalue weighted by atomic mass is 14.3. The molecule has 0 aromatic carbocycles. The van der Waals surface area contributed by atoms with E-state index >= 15 is 0 Å². The van der Waals surface area contributed by atoms with Crippen LogP contribution in [0.4, 0.5) is 0 Å². The lowest BCUT2D eigenvalue weighted by atomic mass is 9.75. The van der Waals surface area contributed by atoms with E-state index in [0.29, 0.717) is 5.41 Å². The molecule has 0 saturated carbocycles. The first-order valence-corrected chi connectivity index (χ1v) is 4.90. The van der Waals surface area contributed by atoms with Crippen molar-refractivity contribution in [3.8, 4) is 0 Å². The second-order valence-electron chi connectivity index (χ2n) is 4.74. The minimum absolute atomic E-state index is 0.422. The Balaban J connectivity index is 2.65. The van der Waals surface area contributed by atoms with E-state index in [1.54, 1.807) is 5.57 Å². The summed E-state index contributed by atoms with van der Waals surface area (Å²) in [6, 6.07) is 0. The first-order valence-electron chi connectivity index (χ1n) is 4.90. The highest BCUT2D eigenvalue weighted by Crippen LogP contribution is 2.34. The highest BCUT2D eigenvalue weighted by Gasteiger charge is 2.23. The van der Waals surface area contributed by atoms with Crippen molar-refractivity contribution < 1.29 is 0 Å². The Kier molecular flexibility index (Phi) is 2.76. The topological polar surface area (TPSA) is 0 Å². The average Bonchev–Trinajstić information content (AvgIpc) is 2.03. The minimum atomic E-state index is 0.422. The molecule has 0 aromatic heterocycles. The molecule has 0 heterocycles. The van der Waals surface area contributed by atoms with Crippen molar-refractivity contribution in [2.24, 2.45) is 11.3 Å². The summed E-state index contributed by atoms with van der Waals surface area (Å²) in [5.74, 6) is 0.734. The van der Waals surface area contributed by atoms with Crippen molar-refractivity contribution in [3.05, 3.63) is 23.8 Å². The molecule has 0 spiro atoms. The zero-order chi connectivity index (χ0) is 9.19. The maximum absolute atomic E-state index is 2.35. The van der Waals surface area contributed by atoms with Crippen molar-refractivity contribution in [3.63, 3.8) is 0 Å². The Morgan fingerprint density at radius 1 is 1.42 bits per heavy atom. The van der Waals surface area contributed by atoms with Crippen LogP contribution in [0, 0.1) is 11.3 Å². The van der Waals surface area contributed by atoms with Crippen LogP contribution >= 0.6 is 0 Å². The predicted octanol–water partition coefficient (Wildman–Crippen LogP) is 3.95. The molecule has 0 aromatic rings. The predicted molar refractivity (Wildman–Crippen MR) is 55.1 cm³/mol. The van der Waals surface area contributed by atoms with Gasteiger partial charge in [-0.1, -0.05) is 51.5 Å². The molecule has 0 saturated heterocycles. The lowest BCUT2D eigenvalue weighted by Gasteiger charge is -2.30. The molecule has 68 valence electrons. The molecular formula is C12H20. The normalized spacial score (nSPS) is 24.0. The Morgan fingerprint density at radius 3 is 2.58 bits per heavy atom. The van der Waals surface area contributed by atoms with Gasteiger partial charge in [0.25, 0.3) is 0 Å². The zero-order valence-electron chi connectivity index (χ0n) is 8.72. The van der Waals surface area contributed by atoms with Gasteiger partial charge in [0.2, 0.25) is 0 Å². The molecule has 1 atom stereocenters. The van der Waals surface area contributed by atoms with Crippen LogP contribution in [0.25, 0.3) is 0 Å². The molecule has 0 aliphatic heterocycles. The summed E-state index contributed by atoms with van der Waals surface area (Å²) in [6.07, 6.45) is 9.30. The fraction of sp³-hybridized carbons (Fsp3) is 0.667. The number of allylic oxidation sites excluding steroid dienone is 4. The van der Waals surface area contributed by atoms with Gasteiger partial charge in [0, 0.05) is 0 Å². The first kappa shape index (κ1) is 9.57. The van der Waals surface area contributed by atoms with E-state index in [2.05, 4.69) is 45.9 Å². The van der Waals surface area contributed by atoms with Crippen LogP contribution in [0.3, 0.4) is 0 Å². The third-order valence-corrected chi connectivity index (χ3v) is 2.72. The largest absolute Gasteiger partial charge is 0.0806 e. The zero-order valence-corrected chi connectivity index (χ0v) is 8.72. The summed E-state index contributed by atoms with van der Waals surface area (Å²) < 4.78 is 0. The van der Waals surface area contributed by atoms with Crippen LogP contribution in [0.15, 0.2) is 23.8 Å². The molecule has 0 fully saturated rings. The lowest BCUT2D eigenvalue weighted by molar-refractivity contribution is 0.288. The van der Waals surface area contributed by atoms with Gasteiger partial charge in [-0.3, -0.25) is 0 Å². The molecule has 0 bridgehead atoms. The fourth-order valence-corrected chi connectivity index (χ4v) is 1.60. The van der Waals surface area contributed by atoms with E-state index in [1.807, 2.05) is 0 Å². The van der Waals surface area contributed by atoms with Gasteiger partial charge >= 0.3 is 0 Å². The van der Waals surface area contributed by atoms with Crippen LogP contribution in [0.1, 0.15) is 40.5 Å². The second-order valence-corrected chi connectivity index (χ2v) is 4.74. The number of rotatable bonds is 1. The van der Waals surface area contributed by atoms with E-state index < -0.39 is 0 Å². The average molecular weight is 164 g/mol. The Labute approximate surface area is 76.4 Å². The van der Waals surface area contributed by atoms with Gasteiger partial charge in [0.15, 0.2) is 0 Å². The number of hydrogen-bond acceptors (Lipinski definition) is 0. The maximum atomic E-state index is 2.35. The molecule has 1 aliphatic rings. The first-order chi connectivity index (χ1) is 5.54. The molecule has 1 unspecified atom stereocenters. The smallest absolute Gasteiger partial charge is 0.0144 e. The molecule has 0 heteroatoms. The molecule has 0 amide bonds. The SMILES string of the molecule is CCC1=CC=CC(C(C)(C)C)C1. The lowest BCUT2D eigenvalue weighted by Crippen LogP contribution is -2.20. The Hall–Kier alpha value is -0.520. The van der Waals surface area contributed by atoms with Crippen molar-refractivity contribution in [1.82, 2.24) is 0 Å². The molecule has 1 rings (SSSR count). The van der Waals surface area contributed by atoms with E-state index in [1.165, 1.54) is 12.8 Å². The molecule has 1 aliphatic carbocycles. The second kappa shape index (κ2) is 3.47. The molecule has 12 heavy (non-hydrogen) atoms. The van der Waals surface area contributed by atoms with Crippen molar-refractivity contribution in [2.75, 3.05) is 0 Å². The van der Waals surface area contributed by atoms with Crippen molar-refractivity contribution >= 4 is 0 Å². The van der Waals surface area contributed by atoms with Crippen LogP contribution in [0.2, 0.25) is 0 Å². The van der Waals surface area contributed by atoms with E-state index in [9.17, 15) is 0 Å². The molecular weight excluding hydrogens is 144 g/mol. The van der Waals surface area contributed by atoms with E-state index in [4.69, 9.17) is 0 Å². The third-order valence-electron chi connectivity index (χ3n) is 2.72. The van der Waals surface area contributed by atoms with Crippen LogP contribution in [-0.2, 0) is 0 Å². The van der Waals surface area contributed by atoms with Gasteiger partial charge in [0.05, 0.1) is 0 Å². The Morgan fingerprint density at radius 2 is 2.08 bits per heavy atom.